The molecule has 0 aliphatic carbocycles. The minimum Gasteiger partial charge on any atom is -0.497 e. The largest absolute Gasteiger partial charge is 0.497 e. The highest BCUT2D eigenvalue weighted by molar-refractivity contribution is 5.95. The maximum absolute atomic E-state index is 12.7. The van der Waals surface area contributed by atoms with Gasteiger partial charge >= 0.3 is 0 Å². The Labute approximate surface area is 152 Å². The molecule has 1 atom stereocenters. The number of nitrogens with zero attached hydrogens (tertiary/aromatic N) is 2. The van der Waals surface area contributed by atoms with E-state index in [-0.39, 0.29) is 11.9 Å². The third-order valence-corrected chi connectivity index (χ3v) is 4.77. The molecule has 1 aromatic heterocycles. The van der Waals surface area contributed by atoms with Gasteiger partial charge < -0.3 is 14.6 Å². The molecule has 0 spiro atoms. The number of fused-ring (bicyclic) bond motifs is 1. The number of carbonyl (C=O) groups excluding carboxylic acids is 1. The van der Waals surface area contributed by atoms with Crippen LogP contribution in [0.4, 0.5) is 0 Å². The Morgan fingerprint density at radius 3 is 2.58 bits per heavy atom. The van der Waals surface area contributed by atoms with Crippen molar-refractivity contribution in [2.45, 2.75) is 25.9 Å². The highest BCUT2D eigenvalue weighted by Crippen LogP contribution is 2.27. The maximum atomic E-state index is 12.7. The van der Waals surface area contributed by atoms with Crippen LogP contribution in [0, 0.1) is 6.92 Å². The highest BCUT2D eigenvalue weighted by atomic mass is 16.5. The zero-order valence-corrected chi connectivity index (χ0v) is 14.9. The number of imidazole rings is 1. The molecule has 132 valence electrons. The van der Waals surface area contributed by atoms with Crippen LogP contribution in [0.5, 0.6) is 5.75 Å². The molecule has 1 aliphatic heterocycles. The van der Waals surface area contributed by atoms with E-state index in [1.807, 2.05) is 54.0 Å². The van der Waals surface area contributed by atoms with E-state index >= 15 is 0 Å². The zero-order chi connectivity index (χ0) is 18.1. The first-order chi connectivity index (χ1) is 12.7. The molecule has 26 heavy (non-hydrogen) atoms. The SMILES string of the molecule is COc1ccc(-c2nc(C)c3n2C[C@H](Cc2ccccc2)NC3=O)cc1. The van der Waals surface area contributed by atoms with Gasteiger partial charge in [-0.25, -0.2) is 4.98 Å². The van der Waals surface area contributed by atoms with Crippen LogP contribution < -0.4 is 10.1 Å². The van der Waals surface area contributed by atoms with Gasteiger partial charge in [0, 0.05) is 12.1 Å². The van der Waals surface area contributed by atoms with Crippen LogP contribution in [0.2, 0.25) is 0 Å². The average Bonchev–Trinajstić information content (AvgIpc) is 2.99. The highest BCUT2D eigenvalue weighted by Gasteiger charge is 2.29. The minimum atomic E-state index is -0.0538. The lowest BCUT2D eigenvalue weighted by Gasteiger charge is -2.27. The smallest absolute Gasteiger partial charge is 0.270 e. The number of methoxy groups -OCH3 is 1. The fourth-order valence-corrected chi connectivity index (χ4v) is 3.53. The van der Waals surface area contributed by atoms with Crippen molar-refractivity contribution in [1.82, 2.24) is 14.9 Å². The summed E-state index contributed by atoms with van der Waals surface area (Å²) in [6.45, 7) is 2.59. The van der Waals surface area contributed by atoms with Gasteiger partial charge in [0.1, 0.15) is 17.3 Å². The fraction of sp³-hybridized carbons (Fsp3) is 0.238. The molecule has 0 bridgehead atoms. The van der Waals surface area contributed by atoms with Crippen LogP contribution in [-0.4, -0.2) is 28.6 Å². The van der Waals surface area contributed by atoms with E-state index in [0.29, 0.717) is 12.2 Å². The summed E-state index contributed by atoms with van der Waals surface area (Å²) in [6, 6.07) is 18.1. The molecule has 1 aliphatic rings. The topological polar surface area (TPSA) is 56.1 Å². The van der Waals surface area contributed by atoms with E-state index in [1.54, 1.807) is 7.11 Å². The third-order valence-electron chi connectivity index (χ3n) is 4.77. The van der Waals surface area contributed by atoms with E-state index in [0.717, 1.165) is 29.3 Å². The lowest BCUT2D eigenvalue weighted by atomic mass is 10.0. The van der Waals surface area contributed by atoms with Gasteiger partial charge in [-0.2, -0.15) is 0 Å². The molecule has 1 N–H and O–H groups in total. The average molecular weight is 347 g/mol. The Bertz CT molecular complexity index is 930. The van der Waals surface area contributed by atoms with Gasteiger partial charge in [-0.05, 0) is 43.2 Å². The van der Waals surface area contributed by atoms with Crippen molar-refractivity contribution in [3.63, 3.8) is 0 Å². The molecule has 5 nitrogen and oxygen atoms in total. The van der Waals surface area contributed by atoms with Crippen molar-refractivity contribution in [3.05, 3.63) is 71.5 Å². The summed E-state index contributed by atoms with van der Waals surface area (Å²) in [7, 11) is 1.65. The summed E-state index contributed by atoms with van der Waals surface area (Å²) in [5.41, 5.74) is 3.60. The number of aromatic nitrogens is 2. The molecule has 2 heterocycles. The summed E-state index contributed by atoms with van der Waals surface area (Å²) in [5, 5.41) is 3.13. The molecule has 0 radical (unpaired) electrons. The van der Waals surface area contributed by atoms with E-state index in [9.17, 15) is 4.79 Å². The number of nitrogens with one attached hydrogen (secondary N) is 1. The summed E-state index contributed by atoms with van der Waals surface area (Å²) in [4.78, 5) is 17.3. The van der Waals surface area contributed by atoms with Gasteiger partial charge in [0.2, 0.25) is 0 Å². The first-order valence-electron chi connectivity index (χ1n) is 8.72. The Hall–Kier alpha value is -3.08. The summed E-state index contributed by atoms with van der Waals surface area (Å²) < 4.78 is 7.28. The van der Waals surface area contributed by atoms with E-state index in [1.165, 1.54) is 5.56 Å². The summed E-state index contributed by atoms with van der Waals surface area (Å²) in [5.74, 6) is 1.57. The number of hydrogen-bond donors (Lipinski definition) is 1. The number of hydrogen-bond acceptors (Lipinski definition) is 3. The van der Waals surface area contributed by atoms with Crippen LogP contribution in [-0.2, 0) is 13.0 Å². The van der Waals surface area contributed by atoms with Gasteiger partial charge in [-0.1, -0.05) is 30.3 Å². The predicted molar refractivity (Wildman–Crippen MR) is 100 cm³/mol. The molecule has 4 rings (SSSR count). The molecular formula is C21H21N3O2. The zero-order valence-electron chi connectivity index (χ0n) is 14.9. The standard InChI is InChI=1S/C21H21N3O2/c1-14-19-21(25)23-17(12-15-6-4-3-5-7-15)13-24(19)20(22-14)16-8-10-18(26-2)11-9-16/h3-11,17H,12-13H2,1-2H3,(H,23,25)/t17-/m0/s1. The van der Waals surface area contributed by atoms with Crippen LogP contribution in [0.25, 0.3) is 11.4 Å². The number of amides is 1. The van der Waals surface area contributed by atoms with Crippen LogP contribution in [0.1, 0.15) is 21.7 Å². The second-order valence-corrected chi connectivity index (χ2v) is 6.57. The summed E-state index contributed by atoms with van der Waals surface area (Å²) in [6.07, 6.45) is 0.797. The monoisotopic (exact) mass is 347 g/mol. The number of carbonyl (C=O) groups is 1. The van der Waals surface area contributed by atoms with Crippen LogP contribution >= 0.6 is 0 Å². The van der Waals surface area contributed by atoms with E-state index in [4.69, 9.17) is 4.74 Å². The number of benzene rings is 2. The van der Waals surface area contributed by atoms with Gasteiger partial charge in [0.15, 0.2) is 0 Å². The van der Waals surface area contributed by atoms with Gasteiger partial charge in [0.25, 0.3) is 5.91 Å². The Kier molecular flexibility index (Phi) is 4.21. The maximum Gasteiger partial charge on any atom is 0.270 e. The van der Waals surface area contributed by atoms with Crippen molar-refractivity contribution in [2.24, 2.45) is 0 Å². The lowest BCUT2D eigenvalue weighted by Crippen LogP contribution is -2.45. The fourth-order valence-electron chi connectivity index (χ4n) is 3.53. The number of aryl methyl sites for hydroxylation is 1. The number of rotatable bonds is 4. The predicted octanol–water partition coefficient (Wildman–Crippen LogP) is 3.22. The first kappa shape index (κ1) is 16.4. The van der Waals surface area contributed by atoms with Gasteiger partial charge in [-0.15, -0.1) is 0 Å². The van der Waals surface area contributed by atoms with Crippen molar-refractivity contribution in [2.75, 3.05) is 7.11 Å². The Morgan fingerprint density at radius 2 is 1.88 bits per heavy atom. The third kappa shape index (κ3) is 2.96. The normalized spacial score (nSPS) is 16.1. The van der Waals surface area contributed by atoms with Crippen molar-refractivity contribution in [1.29, 1.82) is 0 Å². The summed E-state index contributed by atoms with van der Waals surface area (Å²) >= 11 is 0. The lowest BCUT2D eigenvalue weighted by molar-refractivity contribution is 0.0900. The van der Waals surface area contributed by atoms with Gasteiger partial charge in [0.05, 0.1) is 18.8 Å². The molecular weight excluding hydrogens is 326 g/mol. The Balaban J connectivity index is 1.68. The molecule has 1 amide bonds. The first-order valence-corrected chi connectivity index (χ1v) is 8.72. The van der Waals surface area contributed by atoms with Crippen molar-refractivity contribution < 1.29 is 9.53 Å². The molecule has 3 aromatic rings. The molecule has 0 unspecified atom stereocenters. The minimum absolute atomic E-state index is 0.0444. The van der Waals surface area contributed by atoms with Crippen molar-refractivity contribution in [3.8, 4) is 17.1 Å². The molecule has 0 fully saturated rings. The van der Waals surface area contributed by atoms with Crippen LogP contribution in [0.3, 0.4) is 0 Å². The van der Waals surface area contributed by atoms with Crippen molar-refractivity contribution >= 4 is 5.91 Å². The van der Waals surface area contributed by atoms with E-state index < -0.39 is 0 Å². The molecule has 2 aromatic carbocycles. The molecule has 0 saturated heterocycles. The second-order valence-electron chi connectivity index (χ2n) is 6.57. The molecule has 5 heteroatoms. The van der Waals surface area contributed by atoms with Gasteiger partial charge in [-0.3, -0.25) is 4.79 Å². The number of ether oxygens (including phenoxy) is 1. The second kappa shape index (κ2) is 6.67. The Morgan fingerprint density at radius 1 is 1.15 bits per heavy atom. The molecule has 0 saturated carbocycles. The quantitative estimate of drug-likeness (QED) is 0.788. The van der Waals surface area contributed by atoms with Crippen LogP contribution in [0.15, 0.2) is 54.6 Å². The van der Waals surface area contributed by atoms with E-state index in [2.05, 4.69) is 22.4 Å².